The van der Waals surface area contributed by atoms with Gasteiger partial charge in [0.15, 0.2) is 0 Å². The topological polar surface area (TPSA) is 78.0 Å². The smallest absolute Gasteiger partial charge is 0.147 e. The first-order valence-electron chi connectivity index (χ1n) is 9.47. The lowest BCUT2D eigenvalue weighted by Gasteiger charge is -2.33. The third kappa shape index (κ3) is 3.75. The number of nitrogens with zero attached hydrogens (tertiary/aromatic N) is 3. The number of pyridine rings is 1. The Morgan fingerprint density at radius 1 is 1.14 bits per heavy atom. The zero-order chi connectivity index (χ0) is 19.5. The first-order valence-corrected chi connectivity index (χ1v) is 9.85. The minimum Gasteiger partial charge on any atom is -0.370 e. The van der Waals surface area contributed by atoms with Crippen LogP contribution < -0.4 is 16.0 Å². The van der Waals surface area contributed by atoms with Gasteiger partial charge in [-0.15, -0.1) is 0 Å². The first kappa shape index (κ1) is 18.5. The molecular weight excluding hydrogens is 370 g/mol. The molecule has 0 radical (unpaired) electrons. The molecule has 0 unspecified atom stereocenters. The van der Waals surface area contributed by atoms with Crippen LogP contribution in [0.3, 0.4) is 0 Å². The molecule has 3 aromatic rings. The summed E-state index contributed by atoms with van der Waals surface area (Å²) in [5.41, 5.74) is 9.59. The van der Waals surface area contributed by atoms with Crippen molar-refractivity contribution in [2.45, 2.75) is 25.4 Å². The average Bonchev–Trinajstić information content (AvgIpc) is 2.73. The van der Waals surface area contributed by atoms with E-state index >= 15 is 0 Å². The minimum absolute atomic E-state index is 0.234. The summed E-state index contributed by atoms with van der Waals surface area (Å²) in [4.78, 5) is 7.02. The Bertz CT molecular complexity index is 1020. The molecule has 0 saturated carbocycles. The SMILES string of the molecule is N#Cc1c(NCc2ccc(Cl)cc2)nc2ccccc2c1N1CCC(N)CC1. The van der Waals surface area contributed by atoms with Crippen LogP contribution in [0.25, 0.3) is 10.9 Å². The lowest BCUT2D eigenvalue weighted by molar-refractivity contribution is 0.502. The molecular formula is C22H22ClN5. The van der Waals surface area contributed by atoms with Crippen LogP contribution in [0.5, 0.6) is 0 Å². The number of aromatic nitrogens is 1. The summed E-state index contributed by atoms with van der Waals surface area (Å²) in [7, 11) is 0. The maximum Gasteiger partial charge on any atom is 0.147 e. The molecule has 0 aliphatic carbocycles. The summed E-state index contributed by atoms with van der Waals surface area (Å²) in [6.07, 6.45) is 1.85. The van der Waals surface area contributed by atoms with Crippen molar-refractivity contribution in [1.82, 2.24) is 4.98 Å². The third-order valence-corrected chi connectivity index (χ3v) is 5.46. The highest BCUT2D eigenvalue weighted by Gasteiger charge is 2.23. The quantitative estimate of drug-likeness (QED) is 0.693. The van der Waals surface area contributed by atoms with Crippen molar-refractivity contribution in [2.24, 2.45) is 5.73 Å². The zero-order valence-electron chi connectivity index (χ0n) is 15.5. The monoisotopic (exact) mass is 391 g/mol. The largest absolute Gasteiger partial charge is 0.370 e. The Kier molecular flexibility index (Phi) is 5.34. The number of rotatable bonds is 4. The van der Waals surface area contributed by atoms with Crippen LogP contribution in [0.2, 0.25) is 5.02 Å². The van der Waals surface area contributed by atoms with Gasteiger partial charge in [0.1, 0.15) is 17.5 Å². The second-order valence-corrected chi connectivity index (χ2v) is 7.55. The Morgan fingerprint density at radius 3 is 2.57 bits per heavy atom. The highest BCUT2D eigenvalue weighted by Crippen LogP contribution is 2.35. The van der Waals surface area contributed by atoms with Gasteiger partial charge in [0.2, 0.25) is 0 Å². The fourth-order valence-corrected chi connectivity index (χ4v) is 3.79. The summed E-state index contributed by atoms with van der Waals surface area (Å²) >= 11 is 5.97. The van der Waals surface area contributed by atoms with Gasteiger partial charge in [-0.3, -0.25) is 0 Å². The van der Waals surface area contributed by atoms with E-state index in [4.69, 9.17) is 22.3 Å². The van der Waals surface area contributed by atoms with Gasteiger partial charge in [-0.25, -0.2) is 4.98 Å². The van der Waals surface area contributed by atoms with E-state index in [1.807, 2.05) is 48.5 Å². The number of nitrogens with two attached hydrogens (primary N) is 1. The molecule has 4 rings (SSSR count). The van der Waals surface area contributed by atoms with Crippen molar-refractivity contribution in [3.05, 3.63) is 64.7 Å². The first-order chi connectivity index (χ1) is 13.7. The van der Waals surface area contributed by atoms with Crippen molar-refractivity contribution < 1.29 is 0 Å². The van der Waals surface area contributed by atoms with Gasteiger partial charge in [0.05, 0.1) is 11.2 Å². The normalized spacial score (nSPS) is 14.8. The van der Waals surface area contributed by atoms with Crippen LogP contribution in [0, 0.1) is 11.3 Å². The summed E-state index contributed by atoms with van der Waals surface area (Å²) in [6, 6.07) is 18.3. The number of anilines is 2. The van der Waals surface area contributed by atoms with Crippen molar-refractivity contribution in [3.63, 3.8) is 0 Å². The Morgan fingerprint density at radius 2 is 1.86 bits per heavy atom. The number of piperidine rings is 1. The van der Waals surface area contributed by atoms with Gasteiger partial charge in [-0.2, -0.15) is 5.26 Å². The number of hydrogen-bond acceptors (Lipinski definition) is 5. The van der Waals surface area contributed by atoms with Crippen molar-refractivity contribution in [2.75, 3.05) is 23.3 Å². The lowest BCUT2D eigenvalue weighted by atomic mass is 10.0. The maximum atomic E-state index is 9.98. The fourth-order valence-electron chi connectivity index (χ4n) is 3.67. The van der Waals surface area contributed by atoms with E-state index in [-0.39, 0.29) is 6.04 Å². The standard InChI is InChI=1S/C22H22ClN5/c23-16-7-5-15(6-8-16)14-26-22-19(13-24)21(28-11-9-17(25)10-12-28)18-3-1-2-4-20(18)27-22/h1-8,17H,9-12,14,25H2,(H,26,27). The van der Waals surface area contributed by atoms with Gasteiger partial charge in [0.25, 0.3) is 0 Å². The van der Waals surface area contributed by atoms with E-state index in [0.29, 0.717) is 22.9 Å². The molecule has 28 heavy (non-hydrogen) atoms. The molecule has 5 nitrogen and oxygen atoms in total. The number of fused-ring (bicyclic) bond motifs is 1. The molecule has 142 valence electrons. The highest BCUT2D eigenvalue weighted by molar-refractivity contribution is 6.30. The summed E-state index contributed by atoms with van der Waals surface area (Å²) in [6.45, 7) is 2.27. The van der Waals surface area contributed by atoms with Crippen LogP contribution in [0.1, 0.15) is 24.0 Å². The van der Waals surface area contributed by atoms with Crippen LogP contribution >= 0.6 is 11.6 Å². The zero-order valence-corrected chi connectivity index (χ0v) is 16.3. The second-order valence-electron chi connectivity index (χ2n) is 7.12. The molecule has 6 heteroatoms. The second kappa shape index (κ2) is 8.05. The Labute approximate surface area is 169 Å². The molecule has 1 aromatic heterocycles. The number of nitriles is 1. The number of nitrogens with one attached hydrogen (secondary N) is 1. The summed E-state index contributed by atoms with van der Waals surface area (Å²) in [5.74, 6) is 0.612. The highest BCUT2D eigenvalue weighted by atomic mass is 35.5. The third-order valence-electron chi connectivity index (χ3n) is 5.21. The summed E-state index contributed by atoms with van der Waals surface area (Å²) < 4.78 is 0. The Balaban J connectivity index is 1.74. The van der Waals surface area contributed by atoms with Crippen LogP contribution in [0.15, 0.2) is 48.5 Å². The number of hydrogen-bond donors (Lipinski definition) is 2. The fraction of sp³-hybridized carbons (Fsp3) is 0.273. The van der Waals surface area contributed by atoms with Crippen LogP contribution in [0.4, 0.5) is 11.5 Å². The maximum absolute atomic E-state index is 9.98. The van der Waals surface area contributed by atoms with Gasteiger partial charge >= 0.3 is 0 Å². The molecule has 1 aliphatic heterocycles. The van der Waals surface area contributed by atoms with Crippen LogP contribution in [-0.4, -0.2) is 24.1 Å². The molecule has 0 spiro atoms. The molecule has 1 saturated heterocycles. The molecule has 0 amide bonds. The van der Waals surface area contributed by atoms with Crippen molar-refractivity contribution >= 4 is 34.0 Å². The van der Waals surface area contributed by atoms with E-state index in [0.717, 1.165) is 48.1 Å². The van der Waals surface area contributed by atoms with E-state index in [2.05, 4.69) is 16.3 Å². The van der Waals surface area contributed by atoms with E-state index < -0.39 is 0 Å². The molecule has 0 bridgehead atoms. The van der Waals surface area contributed by atoms with E-state index in [1.54, 1.807) is 0 Å². The van der Waals surface area contributed by atoms with E-state index in [1.165, 1.54) is 0 Å². The van der Waals surface area contributed by atoms with Gasteiger partial charge < -0.3 is 16.0 Å². The van der Waals surface area contributed by atoms with Gasteiger partial charge in [-0.1, -0.05) is 41.9 Å². The average molecular weight is 392 g/mol. The molecule has 1 aliphatic rings. The van der Waals surface area contributed by atoms with E-state index in [9.17, 15) is 5.26 Å². The van der Waals surface area contributed by atoms with Crippen molar-refractivity contribution in [1.29, 1.82) is 5.26 Å². The lowest BCUT2D eigenvalue weighted by Crippen LogP contribution is -2.40. The molecule has 2 aromatic carbocycles. The van der Waals surface area contributed by atoms with Crippen LogP contribution in [-0.2, 0) is 6.54 Å². The molecule has 0 atom stereocenters. The van der Waals surface area contributed by atoms with Gasteiger partial charge in [-0.05, 0) is 36.6 Å². The molecule has 3 N–H and O–H groups in total. The van der Waals surface area contributed by atoms with Crippen molar-refractivity contribution in [3.8, 4) is 6.07 Å². The minimum atomic E-state index is 0.234. The number of para-hydroxylation sites is 1. The Hall–Kier alpha value is -2.81. The van der Waals surface area contributed by atoms with Gasteiger partial charge in [0, 0.05) is 36.1 Å². The molecule has 2 heterocycles. The predicted octanol–water partition coefficient (Wildman–Crippen LogP) is 4.30. The molecule has 1 fully saturated rings. The number of halogens is 1. The number of benzene rings is 2. The predicted molar refractivity (Wildman–Crippen MR) is 115 cm³/mol. The summed E-state index contributed by atoms with van der Waals surface area (Å²) in [5, 5.41) is 15.0.